The van der Waals surface area contributed by atoms with Crippen molar-refractivity contribution in [1.29, 1.82) is 0 Å². The van der Waals surface area contributed by atoms with Crippen molar-refractivity contribution in [1.82, 2.24) is 4.90 Å². The summed E-state index contributed by atoms with van der Waals surface area (Å²) >= 11 is 1.73. The first-order valence-electron chi connectivity index (χ1n) is 7.54. The molecule has 2 aromatic rings. The Morgan fingerprint density at radius 1 is 1.25 bits per heavy atom. The zero-order valence-electron chi connectivity index (χ0n) is 11.5. The third-order valence-corrected chi connectivity index (χ3v) is 5.86. The normalized spacial score (nSPS) is 28.9. The van der Waals surface area contributed by atoms with Crippen LogP contribution in [-0.4, -0.2) is 24.9 Å². The van der Waals surface area contributed by atoms with Gasteiger partial charge in [0.2, 0.25) is 0 Å². The first kappa shape index (κ1) is 12.5. The molecule has 103 valence electrons. The van der Waals surface area contributed by atoms with Crippen molar-refractivity contribution >= 4 is 27.2 Å². The highest BCUT2D eigenvalue weighted by atomic mass is 32.1. The average molecular weight is 285 g/mol. The molecule has 1 atom stereocenters. The monoisotopic (exact) mass is 285 g/mol. The fraction of sp³-hybridized carbons (Fsp3) is 0.471. The number of hydrogen-bond donors (Lipinski definition) is 0. The molecule has 1 aromatic heterocycles. The van der Waals surface area contributed by atoms with Gasteiger partial charge in [0.1, 0.15) is 19.1 Å². The summed E-state index contributed by atoms with van der Waals surface area (Å²) in [7, 11) is 0. The van der Waals surface area contributed by atoms with E-state index in [-0.39, 0.29) is 0 Å². The van der Waals surface area contributed by atoms with Crippen LogP contribution in [0.4, 0.5) is 0 Å². The summed E-state index contributed by atoms with van der Waals surface area (Å²) in [6.07, 6.45) is 4.61. The van der Waals surface area contributed by atoms with Crippen molar-refractivity contribution in [2.45, 2.75) is 31.7 Å². The number of Topliss-reactive ketones (excluding diaryl/α,β-unsaturated/α-hetero) is 1. The highest BCUT2D eigenvalue weighted by Crippen LogP contribution is 2.32. The minimum Gasteiger partial charge on any atom is -0.294 e. The second-order valence-corrected chi connectivity index (χ2v) is 7.12. The van der Waals surface area contributed by atoms with Crippen molar-refractivity contribution in [3.05, 3.63) is 35.2 Å². The van der Waals surface area contributed by atoms with Crippen LogP contribution in [0, 0.1) is 5.92 Å². The first-order chi connectivity index (χ1) is 9.79. The number of nitrogens with zero attached hydrogens (tertiary/aromatic N) is 1. The Bertz CT molecular complexity index is 639. The molecule has 3 aliphatic rings. The molecule has 5 rings (SSSR count). The molecular formula is C17H19NOS+. The molecule has 0 spiro atoms. The van der Waals surface area contributed by atoms with E-state index in [4.69, 9.17) is 0 Å². The quantitative estimate of drug-likeness (QED) is 0.621. The zero-order valence-corrected chi connectivity index (χ0v) is 12.4. The molecule has 3 saturated heterocycles. The third-order valence-electron chi connectivity index (χ3n) is 4.97. The molecule has 0 N–H and O–H groups in total. The van der Waals surface area contributed by atoms with Gasteiger partial charge in [-0.25, -0.2) is 0 Å². The lowest BCUT2D eigenvalue weighted by Gasteiger charge is -2.37. The molecular weight excluding hydrogens is 266 g/mol. The van der Waals surface area contributed by atoms with Crippen molar-refractivity contribution in [3.63, 3.8) is 0 Å². The van der Waals surface area contributed by atoms with Crippen LogP contribution in [0.1, 0.15) is 36.0 Å². The third kappa shape index (κ3) is 2.19. The fourth-order valence-corrected chi connectivity index (χ4v) is 4.54. The van der Waals surface area contributed by atoms with Crippen LogP contribution in [0.2, 0.25) is 0 Å². The van der Waals surface area contributed by atoms with E-state index in [9.17, 15) is 4.79 Å². The average Bonchev–Trinajstić information content (AvgIpc) is 2.96. The molecule has 0 aliphatic carbocycles. The van der Waals surface area contributed by atoms with Crippen molar-refractivity contribution < 1.29 is 4.79 Å². The highest BCUT2D eigenvalue weighted by molar-refractivity contribution is 7.17. The Kier molecular flexibility index (Phi) is 3.12. The number of rotatable bonds is 3. The maximum Gasteiger partial charge on any atom is 0.169 e. The van der Waals surface area contributed by atoms with Crippen molar-refractivity contribution in [2.75, 3.05) is 13.1 Å². The standard InChI is InChI=1S/C17H19NOS/c19-16(11-15-9-12-3-6-18(15)7-4-12)13-1-2-17-14(10-13)5-8-20-17/h1-2,5,8,10,12,15H,3-4,6-7,9,11H2/q+1. The Hall–Kier alpha value is -1.19. The first-order valence-corrected chi connectivity index (χ1v) is 8.42. The molecule has 2 bridgehead atoms. The molecule has 3 aliphatic heterocycles. The lowest BCUT2D eigenvalue weighted by molar-refractivity contribution is 0.0852. The number of hydrogen-bond acceptors (Lipinski definition) is 3. The summed E-state index contributed by atoms with van der Waals surface area (Å²) < 4.78 is 1.27. The summed E-state index contributed by atoms with van der Waals surface area (Å²) in [6, 6.07) is 8.74. The molecule has 20 heavy (non-hydrogen) atoms. The van der Waals surface area contributed by atoms with E-state index < -0.39 is 0 Å². The number of fused-ring (bicyclic) bond motifs is 4. The van der Waals surface area contributed by atoms with Crippen LogP contribution in [0.15, 0.2) is 29.6 Å². The van der Waals surface area contributed by atoms with Gasteiger partial charge in [0, 0.05) is 29.5 Å². The van der Waals surface area contributed by atoms with E-state index in [1.165, 1.54) is 42.4 Å². The summed E-state index contributed by atoms with van der Waals surface area (Å²) in [4.78, 5) is 15.1. The number of benzene rings is 1. The number of carbonyl (C=O) groups is 1. The lowest BCUT2D eigenvalue weighted by Crippen LogP contribution is -2.53. The van der Waals surface area contributed by atoms with E-state index in [0.717, 1.165) is 11.5 Å². The van der Waals surface area contributed by atoms with Gasteiger partial charge in [-0.1, -0.05) is 0 Å². The van der Waals surface area contributed by atoms with Crippen LogP contribution in [0.3, 0.4) is 0 Å². The largest absolute Gasteiger partial charge is 0.294 e. The predicted molar refractivity (Wildman–Crippen MR) is 83.8 cm³/mol. The van der Waals surface area contributed by atoms with E-state index in [0.29, 0.717) is 18.2 Å². The topological polar surface area (TPSA) is 23.0 Å². The minimum atomic E-state index is 0.315. The second-order valence-electron chi connectivity index (χ2n) is 6.17. The molecule has 4 heterocycles. The lowest BCUT2D eigenvalue weighted by atomic mass is 9.81. The molecule has 1 radical (unpaired) electrons. The predicted octanol–water partition coefficient (Wildman–Crippen LogP) is 3.80. The summed E-state index contributed by atoms with van der Waals surface area (Å²) in [5, 5.41) is 3.29. The van der Waals surface area contributed by atoms with Gasteiger partial charge in [0.25, 0.3) is 0 Å². The van der Waals surface area contributed by atoms with Gasteiger partial charge in [0.05, 0.1) is 6.42 Å². The Labute approximate surface area is 123 Å². The zero-order chi connectivity index (χ0) is 13.5. The van der Waals surface area contributed by atoms with Crippen LogP contribution < -0.4 is 4.90 Å². The summed E-state index contributed by atoms with van der Waals surface area (Å²) in [6.45, 7) is 2.40. The molecule has 0 saturated carbocycles. The Balaban J connectivity index is 1.52. The maximum absolute atomic E-state index is 12.5. The van der Waals surface area contributed by atoms with Gasteiger partial charge >= 0.3 is 0 Å². The molecule has 1 aromatic carbocycles. The summed E-state index contributed by atoms with van der Waals surface area (Å²) in [5.74, 6) is 1.19. The number of carbonyl (C=O) groups excluding carboxylic acids is 1. The van der Waals surface area contributed by atoms with Gasteiger partial charge in [-0.3, -0.25) is 4.79 Å². The molecule has 3 heteroatoms. The van der Waals surface area contributed by atoms with Crippen molar-refractivity contribution in [3.8, 4) is 0 Å². The molecule has 0 amide bonds. The fourth-order valence-electron chi connectivity index (χ4n) is 3.77. The molecule has 1 unspecified atom stereocenters. The highest BCUT2D eigenvalue weighted by Gasteiger charge is 2.42. The van der Waals surface area contributed by atoms with E-state index in [1.807, 2.05) is 6.07 Å². The number of piperidine rings is 3. The van der Waals surface area contributed by atoms with Gasteiger partial charge in [0.15, 0.2) is 5.78 Å². The van der Waals surface area contributed by atoms with Crippen LogP contribution >= 0.6 is 11.3 Å². The minimum absolute atomic E-state index is 0.315. The van der Waals surface area contributed by atoms with Crippen molar-refractivity contribution in [2.24, 2.45) is 5.92 Å². The van der Waals surface area contributed by atoms with Gasteiger partial charge in [-0.05, 0) is 40.9 Å². The second kappa shape index (κ2) is 4.97. The van der Waals surface area contributed by atoms with E-state index >= 15 is 0 Å². The van der Waals surface area contributed by atoms with Gasteiger partial charge in [-0.15, -0.1) is 11.3 Å². The smallest absolute Gasteiger partial charge is 0.169 e. The van der Waals surface area contributed by atoms with Gasteiger partial charge in [-0.2, -0.15) is 4.90 Å². The Morgan fingerprint density at radius 2 is 2.10 bits per heavy atom. The van der Waals surface area contributed by atoms with Gasteiger partial charge < -0.3 is 0 Å². The van der Waals surface area contributed by atoms with E-state index in [2.05, 4.69) is 28.5 Å². The number of thiophene rings is 1. The molecule has 2 nitrogen and oxygen atoms in total. The molecule has 3 fully saturated rings. The maximum atomic E-state index is 12.5. The van der Waals surface area contributed by atoms with Crippen LogP contribution in [-0.2, 0) is 0 Å². The SMILES string of the molecule is O=C(CC1CC2CC[N+]1CC2)c1ccc2sccc2c1. The van der Waals surface area contributed by atoms with Crippen LogP contribution in [0.25, 0.3) is 10.1 Å². The van der Waals surface area contributed by atoms with Crippen LogP contribution in [0.5, 0.6) is 0 Å². The van der Waals surface area contributed by atoms with E-state index in [1.54, 1.807) is 11.3 Å². The number of ketones is 1. The summed E-state index contributed by atoms with van der Waals surface area (Å²) in [5.41, 5.74) is 0.888. The Morgan fingerprint density at radius 3 is 2.85 bits per heavy atom.